The SMILES string of the molecule is O=C(N[C@@H](Cc1ccc(OCc2ccccc2)cc1)C(=O)O)c1cc2nccc(-c3ccc(Cl)cc3)n2n1. The molecular weight excluding hydrogens is 504 g/mol. The van der Waals surface area contributed by atoms with Crippen molar-refractivity contribution < 1.29 is 19.4 Å². The van der Waals surface area contributed by atoms with E-state index in [4.69, 9.17) is 16.3 Å². The van der Waals surface area contributed by atoms with E-state index in [0.717, 1.165) is 22.4 Å². The number of carbonyl (C=O) groups is 2. The Balaban J connectivity index is 1.27. The standard InChI is InChI=1S/C29H23ClN4O4/c30-22-10-8-21(9-11-22)26-14-15-31-27-17-24(33-34(26)27)28(35)32-25(29(36)37)16-19-6-12-23(13-7-19)38-18-20-4-2-1-3-5-20/h1-15,17,25H,16,18H2,(H,32,35)(H,36,37)/t25-/m0/s1. The number of carboxylic acid groups (broad SMARTS) is 1. The summed E-state index contributed by atoms with van der Waals surface area (Å²) in [4.78, 5) is 29.2. The van der Waals surface area contributed by atoms with Crippen LogP contribution in [0.5, 0.6) is 5.75 Å². The maximum atomic E-state index is 13.0. The molecule has 0 spiro atoms. The Morgan fingerprint density at radius 1 is 0.947 bits per heavy atom. The molecule has 5 aromatic rings. The second-order valence-corrected chi connectivity index (χ2v) is 9.06. The highest BCUT2D eigenvalue weighted by Crippen LogP contribution is 2.22. The first kappa shape index (κ1) is 25.0. The zero-order valence-corrected chi connectivity index (χ0v) is 20.9. The maximum absolute atomic E-state index is 13.0. The topological polar surface area (TPSA) is 106 Å². The first-order valence-corrected chi connectivity index (χ1v) is 12.2. The quantitative estimate of drug-likeness (QED) is 0.278. The molecule has 190 valence electrons. The number of amides is 1. The summed E-state index contributed by atoms with van der Waals surface area (Å²) in [5.74, 6) is -1.08. The van der Waals surface area contributed by atoms with Crippen molar-refractivity contribution in [3.05, 3.63) is 119 Å². The molecule has 1 amide bonds. The minimum Gasteiger partial charge on any atom is -0.489 e. The van der Waals surface area contributed by atoms with E-state index in [1.54, 1.807) is 53.2 Å². The molecule has 2 N–H and O–H groups in total. The van der Waals surface area contributed by atoms with E-state index in [1.807, 2.05) is 42.5 Å². The number of carbonyl (C=O) groups excluding carboxylic acids is 1. The van der Waals surface area contributed by atoms with E-state index in [-0.39, 0.29) is 12.1 Å². The van der Waals surface area contributed by atoms with Gasteiger partial charge < -0.3 is 15.2 Å². The Hall–Kier alpha value is -4.69. The molecule has 9 heteroatoms. The maximum Gasteiger partial charge on any atom is 0.326 e. The molecule has 3 aromatic carbocycles. The van der Waals surface area contributed by atoms with Crippen molar-refractivity contribution in [3.8, 4) is 17.0 Å². The normalized spacial score (nSPS) is 11.7. The third kappa shape index (κ3) is 5.82. The molecule has 0 aliphatic carbocycles. The van der Waals surface area contributed by atoms with Gasteiger partial charge in [0.25, 0.3) is 5.91 Å². The van der Waals surface area contributed by atoms with Gasteiger partial charge in [-0.1, -0.05) is 66.2 Å². The lowest BCUT2D eigenvalue weighted by molar-refractivity contribution is -0.139. The van der Waals surface area contributed by atoms with E-state index in [9.17, 15) is 14.7 Å². The Bertz CT molecular complexity index is 1570. The fourth-order valence-corrected chi connectivity index (χ4v) is 4.10. The number of nitrogens with one attached hydrogen (secondary N) is 1. The summed E-state index contributed by atoms with van der Waals surface area (Å²) in [6.45, 7) is 0.432. The molecule has 0 bridgehead atoms. The number of hydrogen-bond acceptors (Lipinski definition) is 5. The van der Waals surface area contributed by atoms with Gasteiger partial charge in [0.1, 0.15) is 18.4 Å². The highest BCUT2D eigenvalue weighted by Gasteiger charge is 2.23. The van der Waals surface area contributed by atoms with E-state index in [2.05, 4.69) is 15.4 Å². The number of halogens is 1. The number of nitrogens with zero attached hydrogens (tertiary/aromatic N) is 3. The predicted molar refractivity (Wildman–Crippen MR) is 143 cm³/mol. The molecule has 0 aliphatic heterocycles. The Labute approximate surface area is 223 Å². The third-order valence-electron chi connectivity index (χ3n) is 5.95. The molecule has 0 aliphatic rings. The summed E-state index contributed by atoms with van der Waals surface area (Å²) in [5, 5.41) is 17.3. The number of carboxylic acids is 1. The number of aromatic nitrogens is 3. The van der Waals surface area contributed by atoms with Crippen LogP contribution in [-0.4, -0.2) is 37.6 Å². The van der Waals surface area contributed by atoms with Crippen LogP contribution < -0.4 is 10.1 Å². The van der Waals surface area contributed by atoms with Gasteiger partial charge in [-0.25, -0.2) is 14.3 Å². The van der Waals surface area contributed by atoms with Gasteiger partial charge in [-0.05, 0) is 41.5 Å². The van der Waals surface area contributed by atoms with E-state index in [0.29, 0.717) is 23.0 Å². The predicted octanol–water partition coefficient (Wildman–Crippen LogP) is 5.05. The fourth-order valence-electron chi connectivity index (χ4n) is 3.98. The van der Waals surface area contributed by atoms with Crippen LogP contribution in [0.25, 0.3) is 16.9 Å². The van der Waals surface area contributed by atoms with Crippen molar-refractivity contribution in [2.75, 3.05) is 0 Å². The van der Waals surface area contributed by atoms with Crippen LogP contribution in [0.15, 0.2) is 97.2 Å². The van der Waals surface area contributed by atoms with Crippen LogP contribution in [0.2, 0.25) is 5.02 Å². The molecule has 0 unspecified atom stereocenters. The van der Waals surface area contributed by atoms with Crippen molar-refractivity contribution in [3.63, 3.8) is 0 Å². The molecule has 1 atom stereocenters. The number of hydrogen-bond donors (Lipinski definition) is 2. The zero-order valence-electron chi connectivity index (χ0n) is 20.1. The van der Waals surface area contributed by atoms with Crippen molar-refractivity contribution >= 4 is 29.1 Å². The molecule has 0 radical (unpaired) electrons. The molecule has 0 saturated heterocycles. The highest BCUT2D eigenvalue weighted by atomic mass is 35.5. The van der Waals surface area contributed by atoms with Crippen LogP contribution in [0, 0.1) is 0 Å². The molecule has 5 rings (SSSR count). The summed E-state index contributed by atoms with van der Waals surface area (Å²) in [6, 6.07) is 26.3. The van der Waals surface area contributed by atoms with E-state index < -0.39 is 17.9 Å². The number of benzene rings is 3. The van der Waals surface area contributed by atoms with Gasteiger partial charge in [0.2, 0.25) is 0 Å². The minimum absolute atomic E-state index is 0.0647. The zero-order chi connectivity index (χ0) is 26.5. The fraction of sp³-hybridized carbons (Fsp3) is 0.103. The highest BCUT2D eigenvalue weighted by molar-refractivity contribution is 6.30. The lowest BCUT2D eigenvalue weighted by atomic mass is 10.1. The second-order valence-electron chi connectivity index (χ2n) is 8.62. The van der Waals surface area contributed by atoms with Gasteiger partial charge in [0.05, 0.1) is 5.69 Å². The minimum atomic E-state index is -1.15. The van der Waals surface area contributed by atoms with Crippen LogP contribution in [0.4, 0.5) is 0 Å². The number of aliphatic carboxylic acids is 1. The van der Waals surface area contributed by atoms with Crippen LogP contribution in [0.3, 0.4) is 0 Å². The van der Waals surface area contributed by atoms with Gasteiger partial charge in [0, 0.05) is 29.3 Å². The second kappa shape index (κ2) is 11.1. The monoisotopic (exact) mass is 526 g/mol. The number of ether oxygens (including phenoxy) is 1. The smallest absolute Gasteiger partial charge is 0.326 e. The first-order valence-electron chi connectivity index (χ1n) is 11.9. The average Bonchev–Trinajstić information content (AvgIpc) is 3.38. The largest absolute Gasteiger partial charge is 0.489 e. The lowest BCUT2D eigenvalue weighted by Gasteiger charge is -2.14. The molecular formula is C29H23ClN4O4. The summed E-state index contributed by atoms with van der Waals surface area (Å²) >= 11 is 6.00. The summed E-state index contributed by atoms with van der Waals surface area (Å²) in [7, 11) is 0. The van der Waals surface area contributed by atoms with Crippen LogP contribution in [0.1, 0.15) is 21.6 Å². The van der Waals surface area contributed by atoms with Crippen molar-refractivity contribution in [1.82, 2.24) is 19.9 Å². The first-order chi connectivity index (χ1) is 18.5. The average molecular weight is 527 g/mol. The van der Waals surface area contributed by atoms with Crippen molar-refractivity contribution in [1.29, 1.82) is 0 Å². The Kier molecular flexibility index (Phi) is 7.33. The van der Waals surface area contributed by atoms with E-state index in [1.165, 1.54) is 6.07 Å². The molecule has 0 saturated carbocycles. The summed E-state index contributed by atoms with van der Waals surface area (Å²) in [5.41, 5.74) is 3.88. The number of fused-ring (bicyclic) bond motifs is 1. The van der Waals surface area contributed by atoms with Gasteiger partial charge in [0.15, 0.2) is 11.3 Å². The third-order valence-corrected chi connectivity index (χ3v) is 6.20. The van der Waals surface area contributed by atoms with Gasteiger partial charge in [-0.3, -0.25) is 4.79 Å². The number of rotatable bonds is 9. The molecule has 8 nitrogen and oxygen atoms in total. The van der Waals surface area contributed by atoms with Crippen LogP contribution in [-0.2, 0) is 17.8 Å². The lowest BCUT2D eigenvalue weighted by Crippen LogP contribution is -2.42. The molecule has 2 heterocycles. The summed E-state index contributed by atoms with van der Waals surface area (Å²) < 4.78 is 7.33. The van der Waals surface area contributed by atoms with Gasteiger partial charge in [-0.2, -0.15) is 5.10 Å². The molecule has 0 fully saturated rings. The Morgan fingerprint density at radius 2 is 1.68 bits per heavy atom. The molecule has 38 heavy (non-hydrogen) atoms. The Morgan fingerprint density at radius 3 is 2.39 bits per heavy atom. The molecule has 2 aromatic heterocycles. The van der Waals surface area contributed by atoms with Crippen molar-refractivity contribution in [2.45, 2.75) is 19.1 Å². The van der Waals surface area contributed by atoms with E-state index >= 15 is 0 Å². The van der Waals surface area contributed by atoms with Crippen LogP contribution >= 0.6 is 11.6 Å². The van der Waals surface area contributed by atoms with Crippen molar-refractivity contribution in [2.24, 2.45) is 0 Å². The van der Waals surface area contributed by atoms with Gasteiger partial charge >= 0.3 is 5.97 Å². The van der Waals surface area contributed by atoms with Gasteiger partial charge in [-0.15, -0.1) is 0 Å². The summed E-state index contributed by atoms with van der Waals surface area (Å²) in [6.07, 6.45) is 1.72.